The summed E-state index contributed by atoms with van der Waals surface area (Å²) in [6, 6.07) is 0. The van der Waals surface area contributed by atoms with Crippen molar-refractivity contribution in [3.05, 3.63) is 0 Å². The fourth-order valence-electron chi connectivity index (χ4n) is 0.440. The van der Waals surface area contributed by atoms with Gasteiger partial charge in [-0.05, 0) is 6.42 Å². The van der Waals surface area contributed by atoms with Gasteiger partial charge in [-0.25, -0.2) is 0 Å². The fraction of sp³-hybridized carbons (Fsp3) is 0.750. The van der Waals surface area contributed by atoms with Crippen LogP contribution >= 0.6 is 7.60 Å². The van der Waals surface area contributed by atoms with Crippen molar-refractivity contribution in [2.45, 2.75) is 18.6 Å². The summed E-state index contributed by atoms with van der Waals surface area (Å²) in [4.78, 5) is 26.7. The first-order valence-electron chi connectivity index (χ1n) is 2.86. The van der Waals surface area contributed by atoms with Crippen molar-refractivity contribution < 1.29 is 24.3 Å². The molecule has 6 nitrogen and oxygen atoms in total. The minimum atomic E-state index is -4.30. The Labute approximate surface area is 63.2 Å². The van der Waals surface area contributed by atoms with Gasteiger partial charge in [0.05, 0.1) is 0 Å². The second kappa shape index (κ2) is 3.82. The van der Waals surface area contributed by atoms with E-state index in [2.05, 4.69) is 0 Å². The molecule has 0 rings (SSSR count). The van der Waals surface area contributed by atoms with Gasteiger partial charge in [0.2, 0.25) is 0 Å². The van der Waals surface area contributed by atoms with Gasteiger partial charge in [-0.3, -0.25) is 9.36 Å². The molecule has 1 atom stereocenters. The van der Waals surface area contributed by atoms with Crippen LogP contribution in [-0.4, -0.2) is 26.6 Å². The monoisotopic (exact) mass is 183 g/mol. The smallest absolute Gasteiger partial charge is 0.342 e. The van der Waals surface area contributed by atoms with Crippen LogP contribution in [0, 0.1) is 0 Å². The molecule has 66 valence electrons. The number of nitrogens with two attached hydrogens (primary N) is 1. The maximum atomic E-state index is 10.3. The van der Waals surface area contributed by atoms with Crippen LogP contribution in [0.5, 0.6) is 0 Å². The predicted octanol–water partition coefficient (Wildman–Crippen LogP) is -0.686. The van der Waals surface area contributed by atoms with Crippen LogP contribution in [0.1, 0.15) is 12.8 Å². The van der Waals surface area contributed by atoms with Gasteiger partial charge in [-0.2, -0.15) is 0 Å². The molecule has 0 radical (unpaired) electrons. The van der Waals surface area contributed by atoms with Crippen LogP contribution in [0.3, 0.4) is 0 Å². The zero-order chi connectivity index (χ0) is 9.07. The number of carbonyl (C=O) groups is 1. The van der Waals surface area contributed by atoms with Crippen LogP contribution in [0.4, 0.5) is 0 Å². The highest BCUT2D eigenvalue weighted by molar-refractivity contribution is 7.52. The maximum absolute atomic E-state index is 10.3. The summed E-state index contributed by atoms with van der Waals surface area (Å²) < 4.78 is 10.3. The summed E-state index contributed by atoms with van der Waals surface area (Å²) in [7, 11) is -4.30. The van der Waals surface area contributed by atoms with E-state index in [-0.39, 0.29) is 12.8 Å². The normalized spacial score (nSPS) is 14.5. The first kappa shape index (κ1) is 10.6. The molecule has 0 aliphatic rings. The maximum Gasteiger partial charge on any atom is 0.342 e. The first-order chi connectivity index (χ1) is 4.84. The molecule has 0 heterocycles. The summed E-state index contributed by atoms with van der Waals surface area (Å²) in [6.45, 7) is 0. The Bertz CT molecular complexity index is 187. The molecule has 0 amide bonds. The zero-order valence-corrected chi connectivity index (χ0v) is 6.57. The third kappa shape index (κ3) is 4.92. The molecule has 0 aromatic rings. The molecule has 11 heavy (non-hydrogen) atoms. The number of aliphatic carboxylic acids is 1. The lowest BCUT2D eigenvalue weighted by molar-refractivity contribution is -0.137. The number of carboxylic acid groups (broad SMARTS) is 1. The summed E-state index contributed by atoms with van der Waals surface area (Å²) in [6.07, 6.45) is -0.536. The lowest BCUT2D eigenvalue weighted by Crippen LogP contribution is -2.20. The van der Waals surface area contributed by atoms with Crippen LogP contribution in [0.25, 0.3) is 0 Å². The van der Waals surface area contributed by atoms with E-state index in [1.54, 1.807) is 0 Å². The van der Waals surface area contributed by atoms with Crippen molar-refractivity contribution in [1.82, 2.24) is 0 Å². The standard InChI is InChI=1S/C4H10NO5P/c5-3(11(8,9)10)1-2-4(6)7/h3H,1-2,5H2,(H,6,7)(H2,8,9,10)/t3-/m0/s1. The number of hydrogen-bond acceptors (Lipinski definition) is 3. The Balaban J connectivity index is 3.80. The van der Waals surface area contributed by atoms with Crippen molar-refractivity contribution in [3.8, 4) is 0 Å². The van der Waals surface area contributed by atoms with E-state index in [0.717, 1.165) is 0 Å². The highest BCUT2D eigenvalue weighted by atomic mass is 31.2. The van der Waals surface area contributed by atoms with Gasteiger partial charge in [0, 0.05) is 6.42 Å². The van der Waals surface area contributed by atoms with Crippen LogP contribution in [-0.2, 0) is 9.36 Å². The van der Waals surface area contributed by atoms with E-state index in [9.17, 15) is 9.36 Å². The van der Waals surface area contributed by atoms with Gasteiger partial charge in [-0.15, -0.1) is 0 Å². The van der Waals surface area contributed by atoms with Crippen LogP contribution in [0.15, 0.2) is 0 Å². The molecule has 5 N–H and O–H groups in total. The van der Waals surface area contributed by atoms with Crippen molar-refractivity contribution in [2.24, 2.45) is 5.73 Å². The molecule has 0 aromatic carbocycles. The van der Waals surface area contributed by atoms with Crippen molar-refractivity contribution in [1.29, 1.82) is 0 Å². The van der Waals surface area contributed by atoms with Gasteiger partial charge in [0.25, 0.3) is 0 Å². The summed E-state index contributed by atoms with van der Waals surface area (Å²) >= 11 is 0. The van der Waals surface area contributed by atoms with E-state index >= 15 is 0 Å². The Kier molecular flexibility index (Phi) is 3.68. The van der Waals surface area contributed by atoms with E-state index in [4.69, 9.17) is 20.6 Å². The molecule has 0 aliphatic carbocycles. The largest absolute Gasteiger partial charge is 0.481 e. The van der Waals surface area contributed by atoms with Gasteiger partial charge < -0.3 is 20.6 Å². The SMILES string of the molecule is N[C@H](CCC(=O)O)P(=O)(O)O. The molecular formula is C4H10NO5P. The molecule has 0 unspecified atom stereocenters. The van der Waals surface area contributed by atoms with E-state index < -0.39 is 19.3 Å². The molecule has 0 saturated carbocycles. The van der Waals surface area contributed by atoms with E-state index in [1.165, 1.54) is 0 Å². The van der Waals surface area contributed by atoms with E-state index in [0.29, 0.717) is 0 Å². The third-order valence-electron chi connectivity index (χ3n) is 1.09. The first-order valence-corrected chi connectivity index (χ1v) is 4.55. The molecule has 0 aliphatic heterocycles. The van der Waals surface area contributed by atoms with Crippen molar-refractivity contribution in [2.75, 3.05) is 0 Å². The highest BCUT2D eigenvalue weighted by Crippen LogP contribution is 2.39. The quantitative estimate of drug-likeness (QED) is 0.428. The van der Waals surface area contributed by atoms with Crippen molar-refractivity contribution >= 4 is 13.6 Å². The predicted molar refractivity (Wildman–Crippen MR) is 36.9 cm³/mol. The lowest BCUT2D eigenvalue weighted by Gasteiger charge is -2.10. The summed E-state index contributed by atoms with van der Waals surface area (Å²) in [5.74, 6) is -2.48. The topological polar surface area (TPSA) is 121 Å². The van der Waals surface area contributed by atoms with Gasteiger partial charge >= 0.3 is 13.6 Å². The molecule has 0 spiro atoms. The number of carboxylic acids is 1. The van der Waals surface area contributed by atoms with Crippen molar-refractivity contribution in [3.63, 3.8) is 0 Å². The van der Waals surface area contributed by atoms with Gasteiger partial charge in [0.15, 0.2) is 0 Å². The highest BCUT2D eigenvalue weighted by Gasteiger charge is 2.24. The van der Waals surface area contributed by atoms with Crippen LogP contribution < -0.4 is 5.73 Å². The van der Waals surface area contributed by atoms with E-state index in [1.807, 2.05) is 0 Å². The Morgan fingerprint density at radius 3 is 2.27 bits per heavy atom. The summed E-state index contributed by atoms with van der Waals surface area (Å²) in [5.41, 5.74) is 4.97. The fourth-order valence-corrected chi connectivity index (χ4v) is 0.905. The van der Waals surface area contributed by atoms with Crippen LogP contribution in [0.2, 0.25) is 0 Å². The third-order valence-corrected chi connectivity index (χ3v) is 2.21. The number of rotatable bonds is 4. The molecule has 0 saturated heterocycles. The molecule has 0 bridgehead atoms. The Morgan fingerprint density at radius 2 is 2.00 bits per heavy atom. The summed E-state index contributed by atoms with van der Waals surface area (Å²) in [5, 5.41) is 8.12. The average molecular weight is 183 g/mol. The second-order valence-corrected chi connectivity index (χ2v) is 3.93. The second-order valence-electron chi connectivity index (χ2n) is 2.09. The number of hydrogen-bond donors (Lipinski definition) is 4. The van der Waals surface area contributed by atoms with Gasteiger partial charge in [0.1, 0.15) is 5.78 Å². The van der Waals surface area contributed by atoms with Gasteiger partial charge in [-0.1, -0.05) is 0 Å². The molecule has 0 fully saturated rings. The minimum Gasteiger partial charge on any atom is -0.481 e. The lowest BCUT2D eigenvalue weighted by atomic mass is 10.3. The zero-order valence-electron chi connectivity index (χ0n) is 5.67. The Hall–Kier alpha value is -0.420. The molecule has 0 aromatic heterocycles. The molecular weight excluding hydrogens is 173 g/mol. The Morgan fingerprint density at radius 1 is 1.55 bits per heavy atom. The molecule has 7 heteroatoms. The average Bonchev–Trinajstić information content (AvgIpc) is 1.80. The minimum absolute atomic E-state index is 0.209.